The number of rotatable bonds is 6. The molecule has 2 nitrogen and oxygen atoms in total. The van der Waals surface area contributed by atoms with Gasteiger partial charge in [-0.1, -0.05) is 13.3 Å². The molecule has 2 heteroatoms. The summed E-state index contributed by atoms with van der Waals surface area (Å²) in [5.74, 6) is 0. The summed E-state index contributed by atoms with van der Waals surface area (Å²) in [4.78, 5) is 0. The van der Waals surface area contributed by atoms with Gasteiger partial charge in [-0.15, -0.1) is 0 Å². The highest BCUT2D eigenvalue weighted by atomic mass is 14.9. The van der Waals surface area contributed by atoms with Crippen LogP contribution in [0.2, 0.25) is 0 Å². The van der Waals surface area contributed by atoms with Gasteiger partial charge in [0, 0.05) is 19.5 Å². The smallest absolute Gasteiger partial charge is 0.0635 e. The summed E-state index contributed by atoms with van der Waals surface area (Å²) in [6, 6.07) is 2.14. The Morgan fingerprint density at radius 1 is 1.50 bits per heavy atom. The Bertz CT molecular complexity index is 165. The van der Waals surface area contributed by atoms with Gasteiger partial charge in [-0.3, -0.25) is 0 Å². The summed E-state index contributed by atoms with van der Waals surface area (Å²) >= 11 is 0. The fourth-order valence-corrected chi connectivity index (χ4v) is 1.72. The number of nitrogens with zero attached hydrogens (tertiary/aromatic N) is 1. The Balaban J connectivity index is 2.03. The van der Waals surface area contributed by atoms with E-state index in [0.29, 0.717) is 11.8 Å². The largest absolute Gasteiger partial charge is 0.315 e. The van der Waals surface area contributed by atoms with E-state index in [2.05, 4.69) is 18.3 Å². The van der Waals surface area contributed by atoms with Crippen LogP contribution in [0.15, 0.2) is 0 Å². The maximum atomic E-state index is 8.32. The highest BCUT2D eigenvalue weighted by Gasteiger charge is 2.40. The molecule has 0 atom stereocenters. The Hall–Kier alpha value is -0.550. The first-order valence-corrected chi connectivity index (χ1v) is 4.91. The first kappa shape index (κ1) is 9.54. The first-order chi connectivity index (χ1) is 5.83. The lowest BCUT2D eigenvalue weighted by Crippen LogP contribution is -2.24. The zero-order valence-electron chi connectivity index (χ0n) is 7.90. The minimum atomic E-state index is 0.629. The molecule has 0 bridgehead atoms. The molecule has 12 heavy (non-hydrogen) atoms. The SMILES string of the molecule is CCCC1(CNCCC#N)CC1. The van der Waals surface area contributed by atoms with E-state index >= 15 is 0 Å². The van der Waals surface area contributed by atoms with Crippen LogP contribution in [0.5, 0.6) is 0 Å². The van der Waals surface area contributed by atoms with Gasteiger partial charge in [0.05, 0.1) is 6.07 Å². The van der Waals surface area contributed by atoms with Crippen molar-refractivity contribution in [1.82, 2.24) is 5.32 Å². The van der Waals surface area contributed by atoms with Crippen LogP contribution in [0.3, 0.4) is 0 Å². The van der Waals surface area contributed by atoms with Gasteiger partial charge in [-0.2, -0.15) is 5.26 Å². The van der Waals surface area contributed by atoms with E-state index in [1.165, 1.54) is 25.7 Å². The maximum Gasteiger partial charge on any atom is 0.0635 e. The standard InChI is InChI=1S/C10H18N2/c1-2-4-10(5-6-10)9-12-8-3-7-11/h12H,2-6,8-9H2,1H3. The molecule has 1 fully saturated rings. The third kappa shape index (κ3) is 2.83. The van der Waals surface area contributed by atoms with Crippen LogP contribution in [0.1, 0.15) is 39.0 Å². The van der Waals surface area contributed by atoms with Crippen LogP contribution in [0.4, 0.5) is 0 Å². The quantitative estimate of drug-likeness (QED) is 0.613. The van der Waals surface area contributed by atoms with Crippen molar-refractivity contribution < 1.29 is 0 Å². The topological polar surface area (TPSA) is 35.8 Å². The highest BCUT2D eigenvalue weighted by molar-refractivity contribution is 4.94. The Morgan fingerprint density at radius 2 is 2.25 bits per heavy atom. The molecule has 1 rings (SSSR count). The fourth-order valence-electron chi connectivity index (χ4n) is 1.72. The second-order valence-electron chi connectivity index (χ2n) is 3.83. The third-order valence-electron chi connectivity index (χ3n) is 2.65. The molecule has 1 saturated carbocycles. The van der Waals surface area contributed by atoms with Crippen LogP contribution in [0.25, 0.3) is 0 Å². The van der Waals surface area contributed by atoms with Gasteiger partial charge >= 0.3 is 0 Å². The summed E-state index contributed by atoms with van der Waals surface area (Å²) in [5.41, 5.74) is 0.629. The Kier molecular flexibility index (Phi) is 3.55. The molecule has 0 amide bonds. The average molecular weight is 166 g/mol. The second kappa shape index (κ2) is 4.47. The minimum absolute atomic E-state index is 0.629. The van der Waals surface area contributed by atoms with E-state index in [0.717, 1.165) is 13.1 Å². The van der Waals surface area contributed by atoms with E-state index in [1.54, 1.807) is 0 Å². The molecule has 0 radical (unpaired) electrons. The van der Waals surface area contributed by atoms with Crippen molar-refractivity contribution in [3.05, 3.63) is 0 Å². The van der Waals surface area contributed by atoms with Crippen LogP contribution in [-0.2, 0) is 0 Å². The molecule has 0 aliphatic heterocycles. The monoisotopic (exact) mass is 166 g/mol. The van der Waals surface area contributed by atoms with Crippen molar-refractivity contribution >= 4 is 0 Å². The molecule has 0 aromatic carbocycles. The molecule has 68 valence electrons. The van der Waals surface area contributed by atoms with E-state index in [4.69, 9.17) is 5.26 Å². The van der Waals surface area contributed by atoms with Crippen LogP contribution in [0, 0.1) is 16.7 Å². The van der Waals surface area contributed by atoms with E-state index in [-0.39, 0.29) is 0 Å². The average Bonchev–Trinajstić information content (AvgIpc) is 2.81. The maximum absolute atomic E-state index is 8.32. The summed E-state index contributed by atoms with van der Waals surface area (Å²) in [7, 11) is 0. The molecule has 0 heterocycles. The van der Waals surface area contributed by atoms with Gasteiger partial charge in [-0.05, 0) is 24.7 Å². The lowest BCUT2D eigenvalue weighted by Gasteiger charge is -2.13. The van der Waals surface area contributed by atoms with Gasteiger partial charge < -0.3 is 5.32 Å². The molecule has 0 aromatic heterocycles. The predicted octanol–water partition coefficient (Wildman–Crippen LogP) is 2.07. The molecule has 0 spiro atoms. The summed E-state index contributed by atoms with van der Waals surface area (Å²) < 4.78 is 0. The fraction of sp³-hybridized carbons (Fsp3) is 0.900. The molecule has 1 aliphatic rings. The van der Waals surface area contributed by atoms with E-state index < -0.39 is 0 Å². The highest BCUT2D eigenvalue weighted by Crippen LogP contribution is 2.48. The molecular weight excluding hydrogens is 148 g/mol. The first-order valence-electron chi connectivity index (χ1n) is 4.91. The molecule has 0 unspecified atom stereocenters. The molecule has 1 aliphatic carbocycles. The predicted molar refractivity (Wildman–Crippen MR) is 49.7 cm³/mol. The zero-order chi connectivity index (χ0) is 8.86. The number of hydrogen-bond donors (Lipinski definition) is 1. The minimum Gasteiger partial charge on any atom is -0.315 e. The van der Waals surface area contributed by atoms with Gasteiger partial charge in [0.1, 0.15) is 0 Å². The van der Waals surface area contributed by atoms with E-state index in [1.807, 2.05) is 0 Å². The van der Waals surface area contributed by atoms with Crippen LogP contribution in [-0.4, -0.2) is 13.1 Å². The van der Waals surface area contributed by atoms with Crippen molar-refractivity contribution in [3.8, 4) is 6.07 Å². The Labute approximate surface area is 75.0 Å². The van der Waals surface area contributed by atoms with Gasteiger partial charge in [0.25, 0.3) is 0 Å². The van der Waals surface area contributed by atoms with Gasteiger partial charge in [-0.25, -0.2) is 0 Å². The second-order valence-corrected chi connectivity index (χ2v) is 3.83. The van der Waals surface area contributed by atoms with Crippen molar-refractivity contribution in [3.63, 3.8) is 0 Å². The van der Waals surface area contributed by atoms with Gasteiger partial charge in [0.15, 0.2) is 0 Å². The van der Waals surface area contributed by atoms with Crippen LogP contribution < -0.4 is 5.32 Å². The van der Waals surface area contributed by atoms with Crippen LogP contribution >= 0.6 is 0 Å². The molecule has 0 aromatic rings. The lowest BCUT2D eigenvalue weighted by molar-refractivity contribution is 0.424. The number of nitriles is 1. The molecular formula is C10H18N2. The number of hydrogen-bond acceptors (Lipinski definition) is 2. The number of nitrogens with one attached hydrogen (secondary N) is 1. The normalized spacial score (nSPS) is 18.7. The summed E-state index contributed by atoms with van der Waals surface area (Å²) in [6.45, 7) is 4.24. The van der Waals surface area contributed by atoms with Crippen molar-refractivity contribution in [1.29, 1.82) is 5.26 Å². The third-order valence-corrected chi connectivity index (χ3v) is 2.65. The summed E-state index contributed by atoms with van der Waals surface area (Å²) in [6.07, 6.45) is 6.06. The van der Waals surface area contributed by atoms with Crippen molar-refractivity contribution in [2.45, 2.75) is 39.0 Å². The van der Waals surface area contributed by atoms with Gasteiger partial charge in [0.2, 0.25) is 0 Å². The van der Waals surface area contributed by atoms with Crippen molar-refractivity contribution in [2.24, 2.45) is 5.41 Å². The molecule has 0 saturated heterocycles. The van der Waals surface area contributed by atoms with E-state index in [9.17, 15) is 0 Å². The zero-order valence-corrected chi connectivity index (χ0v) is 7.90. The Morgan fingerprint density at radius 3 is 2.75 bits per heavy atom. The lowest BCUT2D eigenvalue weighted by atomic mass is 10.0. The van der Waals surface area contributed by atoms with Crippen molar-refractivity contribution in [2.75, 3.05) is 13.1 Å². The molecule has 1 N–H and O–H groups in total. The summed E-state index contributed by atoms with van der Waals surface area (Å²) in [5, 5.41) is 11.7.